The van der Waals surface area contributed by atoms with Crippen LogP contribution in [-0.4, -0.2) is 24.9 Å². The fourth-order valence-corrected chi connectivity index (χ4v) is 1.08. The highest BCUT2D eigenvalue weighted by Crippen LogP contribution is 2.08. The number of hydrogen-bond donors (Lipinski definition) is 0. The Balaban J connectivity index is 2.79. The Bertz CT molecular complexity index is 353. The van der Waals surface area contributed by atoms with Crippen LogP contribution in [0.4, 0.5) is 0 Å². The van der Waals surface area contributed by atoms with E-state index in [9.17, 15) is 4.79 Å². The van der Waals surface area contributed by atoms with Gasteiger partial charge in [-0.1, -0.05) is 24.3 Å². The first kappa shape index (κ1) is 10.5. The fraction of sp³-hybridized carbons (Fsp3) is 0.250. The molecule has 0 atom stereocenters. The smallest absolute Gasteiger partial charge is 0.246 e. The summed E-state index contributed by atoms with van der Waals surface area (Å²) in [5.74, 6) is 0.00764. The van der Waals surface area contributed by atoms with Gasteiger partial charge in [-0.2, -0.15) is 0 Å². The standard InChI is InChI=1S/C12H15NO/c1-10-6-4-5-7-11(10)8-9-12(14)13(2)3/h4-9H,1-3H3/b9-8+. The zero-order chi connectivity index (χ0) is 10.6. The summed E-state index contributed by atoms with van der Waals surface area (Å²) in [6, 6.07) is 7.97. The number of rotatable bonds is 2. The molecule has 0 aliphatic carbocycles. The molecular formula is C12H15NO. The molecule has 0 heterocycles. The van der Waals surface area contributed by atoms with E-state index in [0.29, 0.717) is 0 Å². The summed E-state index contributed by atoms with van der Waals surface area (Å²) in [6.45, 7) is 2.03. The third-order valence-electron chi connectivity index (χ3n) is 2.03. The Hall–Kier alpha value is -1.57. The predicted octanol–water partition coefficient (Wildman–Crippen LogP) is 2.10. The quantitative estimate of drug-likeness (QED) is 0.652. The van der Waals surface area contributed by atoms with E-state index in [2.05, 4.69) is 0 Å². The summed E-state index contributed by atoms with van der Waals surface area (Å²) < 4.78 is 0. The molecule has 0 spiro atoms. The van der Waals surface area contributed by atoms with Crippen LogP contribution >= 0.6 is 0 Å². The lowest BCUT2D eigenvalue weighted by Crippen LogP contribution is -2.18. The summed E-state index contributed by atoms with van der Waals surface area (Å²) in [7, 11) is 3.48. The zero-order valence-corrected chi connectivity index (χ0v) is 8.82. The average molecular weight is 189 g/mol. The molecule has 1 aromatic carbocycles. The van der Waals surface area contributed by atoms with Gasteiger partial charge in [0.25, 0.3) is 0 Å². The van der Waals surface area contributed by atoms with E-state index in [1.807, 2.05) is 37.3 Å². The Kier molecular flexibility index (Phi) is 3.46. The lowest BCUT2D eigenvalue weighted by atomic mass is 10.1. The third-order valence-corrected chi connectivity index (χ3v) is 2.03. The van der Waals surface area contributed by atoms with E-state index >= 15 is 0 Å². The number of likely N-dealkylation sites (N-methyl/N-ethyl adjacent to an activating group) is 1. The van der Waals surface area contributed by atoms with Gasteiger partial charge in [0.15, 0.2) is 0 Å². The van der Waals surface area contributed by atoms with Crippen LogP contribution in [0.25, 0.3) is 6.08 Å². The van der Waals surface area contributed by atoms with Crippen molar-refractivity contribution in [2.24, 2.45) is 0 Å². The highest BCUT2D eigenvalue weighted by molar-refractivity contribution is 5.91. The van der Waals surface area contributed by atoms with Gasteiger partial charge in [-0.05, 0) is 24.1 Å². The Morgan fingerprint density at radius 3 is 2.50 bits per heavy atom. The minimum Gasteiger partial charge on any atom is -0.345 e. The lowest BCUT2D eigenvalue weighted by molar-refractivity contribution is -0.123. The molecule has 0 aliphatic rings. The first-order valence-corrected chi connectivity index (χ1v) is 4.56. The van der Waals surface area contributed by atoms with E-state index in [1.165, 1.54) is 5.56 Å². The van der Waals surface area contributed by atoms with Gasteiger partial charge in [0, 0.05) is 20.2 Å². The highest BCUT2D eigenvalue weighted by atomic mass is 16.2. The minimum atomic E-state index is 0.00764. The van der Waals surface area contributed by atoms with Crippen LogP contribution < -0.4 is 0 Å². The maximum Gasteiger partial charge on any atom is 0.246 e. The van der Waals surface area contributed by atoms with Crippen molar-refractivity contribution in [2.75, 3.05) is 14.1 Å². The highest BCUT2D eigenvalue weighted by Gasteiger charge is 1.97. The van der Waals surface area contributed by atoms with Crippen molar-refractivity contribution < 1.29 is 4.79 Å². The largest absolute Gasteiger partial charge is 0.345 e. The second-order valence-corrected chi connectivity index (χ2v) is 3.42. The number of hydrogen-bond acceptors (Lipinski definition) is 1. The van der Waals surface area contributed by atoms with Crippen molar-refractivity contribution in [2.45, 2.75) is 6.92 Å². The monoisotopic (exact) mass is 189 g/mol. The molecular weight excluding hydrogens is 174 g/mol. The predicted molar refractivity (Wildman–Crippen MR) is 58.9 cm³/mol. The average Bonchev–Trinajstić information content (AvgIpc) is 2.16. The molecule has 2 heteroatoms. The molecule has 2 nitrogen and oxygen atoms in total. The topological polar surface area (TPSA) is 20.3 Å². The Morgan fingerprint density at radius 2 is 1.93 bits per heavy atom. The van der Waals surface area contributed by atoms with E-state index in [0.717, 1.165) is 5.56 Å². The number of nitrogens with zero attached hydrogens (tertiary/aromatic N) is 1. The SMILES string of the molecule is Cc1ccccc1/C=C/C(=O)N(C)C. The van der Waals surface area contributed by atoms with Crippen LogP contribution in [0.2, 0.25) is 0 Å². The molecule has 14 heavy (non-hydrogen) atoms. The maximum absolute atomic E-state index is 11.3. The van der Waals surface area contributed by atoms with Gasteiger partial charge in [-0.25, -0.2) is 0 Å². The van der Waals surface area contributed by atoms with E-state index in [-0.39, 0.29) is 5.91 Å². The van der Waals surface area contributed by atoms with Crippen LogP contribution in [-0.2, 0) is 4.79 Å². The van der Waals surface area contributed by atoms with Crippen molar-refractivity contribution in [3.8, 4) is 0 Å². The number of aryl methyl sites for hydroxylation is 1. The van der Waals surface area contributed by atoms with Gasteiger partial charge in [-0.15, -0.1) is 0 Å². The summed E-state index contributed by atoms with van der Waals surface area (Å²) in [5.41, 5.74) is 2.26. The molecule has 1 aromatic rings. The molecule has 1 amide bonds. The van der Waals surface area contributed by atoms with Gasteiger partial charge >= 0.3 is 0 Å². The number of benzene rings is 1. The first-order valence-electron chi connectivity index (χ1n) is 4.56. The van der Waals surface area contributed by atoms with Crippen molar-refractivity contribution in [1.82, 2.24) is 4.90 Å². The number of carbonyl (C=O) groups excluding carboxylic acids is 1. The van der Waals surface area contributed by atoms with Crippen molar-refractivity contribution >= 4 is 12.0 Å². The lowest BCUT2D eigenvalue weighted by Gasteiger charge is -2.05. The normalized spacial score (nSPS) is 10.5. The van der Waals surface area contributed by atoms with E-state index < -0.39 is 0 Å². The second-order valence-electron chi connectivity index (χ2n) is 3.42. The summed E-state index contributed by atoms with van der Waals surface area (Å²) in [4.78, 5) is 12.8. The van der Waals surface area contributed by atoms with Crippen LogP contribution in [0.15, 0.2) is 30.3 Å². The molecule has 0 aliphatic heterocycles. The van der Waals surface area contributed by atoms with Crippen LogP contribution in [0.1, 0.15) is 11.1 Å². The van der Waals surface area contributed by atoms with Crippen LogP contribution in [0.5, 0.6) is 0 Å². The van der Waals surface area contributed by atoms with Crippen molar-refractivity contribution in [3.63, 3.8) is 0 Å². The zero-order valence-electron chi connectivity index (χ0n) is 8.82. The molecule has 0 saturated heterocycles. The molecule has 1 rings (SSSR count). The minimum absolute atomic E-state index is 0.00764. The third kappa shape index (κ3) is 2.73. The summed E-state index contributed by atoms with van der Waals surface area (Å²) >= 11 is 0. The fourth-order valence-electron chi connectivity index (χ4n) is 1.08. The molecule has 0 saturated carbocycles. The van der Waals surface area contributed by atoms with Crippen LogP contribution in [0.3, 0.4) is 0 Å². The van der Waals surface area contributed by atoms with Gasteiger partial charge in [-0.3, -0.25) is 4.79 Å². The molecule has 74 valence electrons. The van der Waals surface area contributed by atoms with Gasteiger partial charge < -0.3 is 4.90 Å². The van der Waals surface area contributed by atoms with Gasteiger partial charge in [0.1, 0.15) is 0 Å². The molecule has 0 fully saturated rings. The first-order chi connectivity index (χ1) is 6.61. The Labute approximate surface area is 84.9 Å². The van der Waals surface area contributed by atoms with Crippen LogP contribution in [0, 0.1) is 6.92 Å². The second kappa shape index (κ2) is 4.61. The summed E-state index contributed by atoms with van der Waals surface area (Å²) in [5, 5.41) is 0. The maximum atomic E-state index is 11.3. The molecule has 0 aromatic heterocycles. The number of amides is 1. The molecule has 0 N–H and O–H groups in total. The van der Waals surface area contributed by atoms with Gasteiger partial charge in [0.2, 0.25) is 5.91 Å². The molecule has 0 radical (unpaired) electrons. The van der Waals surface area contributed by atoms with E-state index in [4.69, 9.17) is 0 Å². The Morgan fingerprint density at radius 1 is 1.29 bits per heavy atom. The molecule has 0 unspecified atom stereocenters. The van der Waals surface area contributed by atoms with Crippen molar-refractivity contribution in [3.05, 3.63) is 41.5 Å². The van der Waals surface area contributed by atoms with E-state index in [1.54, 1.807) is 25.1 Å². The molecule has 0 bridgehead atoms. The summed E-state index contributed by atoms with van der Waals surface area (Å²) in [6.07, 6.45) is 3.43. The number of carbonyl (C=O) groups is 1. The van der Waals surface area contributed by atoms with Gasteiger partial charge in [0.05, 0.1) is 0 Å². The van der Waals surface area contributed by atoms with Crippen molar-refractivity contribution in [1.29, 1.82) is 0 Å².